The van der Waals surface area contributed by atoms with E-state index in [1.165, 1.54) is 0 Å². The van der Waals surface area contributed by atoms with Crippen molar-refractivity contribution in [3.8, 4) is 5.75 Å². The maximum absolute atomic E-state index is 10.3. The van der Waals surface area contributed by atoms with Crippen LogP contribution in [-0.2, 0) is 0 Å². The van der Waals surface area contributed by atoms with Crippen LogP contribution in [0.15, 0.2) is 54.6 Å². The standard InChI is InChI=1S/C18H22N2O2/c21-17-8-6-16(7-9-17)20-12-10-19(11-13-20)14-18(22)15-4-2-1-3-5-15/h1-9,18,21-22H,10-14H2/t18-/m0/s1. The lowest BCUT2D eigenvalue weighted by atomic mass is 10.1. The second-order valence-electron chi connectivity index (χ2n) is 5.73. The first-order valence-corrected chi connectivity index (χ1v) is 7.72. The Morgan fingerprint density at radius 3 is 2.14 bits per heavy atom. The molecule has 3 rings (SSSR count). The summed E-state index contributed by atoms with van der Waals surface area (Å²) in [5.41, 5.74) is 2.12. The highest BCUT2D eigenvalue weighted by Crippen LogP contribution is 2.21. The first-order valence-electron chi connectivity index (χ1n) is 7.72. The number of phenolic OH excluding ortho intramolecular Hbond substituents is 1. The summed E-state index contributed by atoms with van der Waals surface area (Å²) >= 11 is 0. The van der Waals surface area contributed by atoms with Gasteiger partial charge in [-0.1, -0.05) is 30.3 Å². The molecule has 4 nitrogen and oxygen atoms in total. The van der Waals surface area contributed by atoms with Gasteiger partial charge >= 0.3 is 0 Å². The number of piperazine rings is 1. The summed E-state index contributed by atoms with van der Waals surface area (Å²) in [5.74, 6) is 0.299. The highest BCUT2D eigenvalue weighted by molar-refractivity contribution is 5.49. The fraction of sp³-hybridized carbons (Fsp3) is 0.333. The molecule has 2 aromatic carbocycles. The molecule has 0 amide bonds. The largest absolute Gasteiger partial charge is 0.508 e. The number of β-amino-alcohol motifs (C(OH)–C–C–N with tert-alkyl or cyclic N) is 1. The van der Waals surface area contributed by atoms with Gasteiger partial charge in [-0.05, 0) is 29.8 Å². The van der Waals surface area contributed by atoms with Gasteiger partial charge in [0.15, 0.2) is 0 Å². The van der Waals surface area contributed by atoms with Crippen molar-refractivity contribution in [2.24, 2.45) is 0 Å². The van der Waals surface area contributed by atoms with Crippen LogP contribution in [0.5, 0.6) is 5.75 Å². The smallest absolute Gasteiger partial charge is 0.115 e. The van der Waals surface area contributed by atoms with Crippen molar-refractivity contribution in [1.82, 2.24) is 4.90 Å². The maximum Gasteiger partial charge on any atom is 0.115 e. The van der Waals surface area contributed by atoms with Crippen LogP contribution in [0.3, 0.4) is 0 Å². The monoisotopic (exact) mass is 298 g/mol. The molecule has 0 unspecified atom stereocenters. The third-order valence-corrected chi connectivity index (χ3v) is 4.20. The fourth-order valence-electron chi connectivity index (χ4n) is 2.88. The minimum Gasteiger partial charge on any atom is -0.508 e. The zero-order valence-electron chi connectivity index (χ0n) is 12.6. The van der Waals surface area contributed by atoms with Crippen LogP contribution in [0.25, 0.3) is 0 Å². The minimum absolute atomic E-state index is 0.299. The van der Waals surface area contributed by atoms with E-state index in [1.807, 2.05) is 42.5 Å². The zero-order chi connectivity index (χ0) is 15.4. The summed E-state index contributed by atoms with van der Waals surface area (Å²) in [4.78, 5) is 4.61. The Kier molecular flexibility index (Phi) is 4.61. The molecule has 1 saturated heterocycles. The topological polar surface area (TPSA) is 46.9 Å². The summed E-state index contributed by atoms with van der Waals surface area (Å²) in [6, 6.07) is 17.2. The number of benzene rings is 2. The molecule has 0 aliphatic carbocycles. The molecule has 0 spiro atoms. The number of anilines is 1. The fourth-order valence-corrected chi connectivity index (χ4v) is 2.88. The molecule has 0 bridgehead atoms. The van der Waals surface area contributed by atoms with Crippen LogP contribution in [0.2, 0.25) is 0 Å². The average Bonchev–Trinajstić information content (AvgIpc) is 2.57. The number of phenols is 1. The van der Waals surface area contributed by atoms with Gasteiger partial charge < -0.3 is 15.1 Å². The Morgan fingerprint density at radius 2 is 1.50 bits per heavy atom. The van der Waals surface area contributed by atoms with Gasteiger partial charge in [-0.3, -0.25) is 4.90 Å². The van der Waals surface area contributed by atoms with Crippen molar-refractivity contribution < 1.29 is 10.2 Å². The van der Waals surface area contributed by atoms with E-state index in [0.29, 0.717) is 12.3 Å². The van der Waals surface area contributed by atoms with Gasteiger partial charge in [0.2, 0.25) is 0 Å². The molecule has 0 aromatic heterocycles. The second-order valence-corrected chi connectivity index (χ2v) is 5.73. The number of rotatable bonds is 4. The van der Waals surface area contributed by atoms with Gasteiger partial charge in [0.05, 0.1) is 6.10 Å². The maximum atomic E-state index is 10.3. The number of aromatic hydroxyl groups is 1. The molecule has 0 saturated carbocycles. The molecule has 2 N–H and O–H groups in total. The molecule has 1 aliphatic heterocycles. The van der Waals surface area contributed by atoms with Crippen molar-refractivity contribution in [1.29, 1.82) is 0 Å². The number of hydrogen-bond acceptors (Lipinski definition) is 4. The van der Waals surface area contributed by atoms with E-state index in [9.17, 15) is 10.2 Å². The lowest BCUT2D eigenvalue weighted by Gasteiger charge is -2.37. The normalized spacial score (nSPS) is 17.4. The Morgan fingerprint density at radius 1 is 0.864 bits per heavy atom. The van der Waals surface area contributed by atoms with Gasteiger partial charge in [-0.25, -0.2) is 0 Å². The lowest BCUT2D eigenvalue weighted by molar-refractivity contribution is 0.109. The number of nitrogens with zero attached hydrogens (tertiary/aromatic N) is 2. The molecule has 1 aliphatic rings. The molecule has 1 fully saturated rings. The van der Waals surface area contributed by atoms with Crippen LogP contribution in [0, 0.1) is 0 Å². The van der Waals surface area contributed by atoms with E-state index in [0.717, 1.165) is 37.4 Å². The SMILES string of the molecule is Oc1ccc(N2CCN(C[C@H](O)c3ccccc3)CC2)cc1. The summed E-state index contributed by atoms with van der Waals surface area (Å²) in [5, 5.41) is 19.7. The van der Waals surface area contributed by atoms with Gasteiger partial charge in [0.1, 0.15) is 5.75 Å². The van der Waals surface area contributed by atoms with Gasteiger partial charge in [0.25, 0.3) is 0 Å². The van der Waals surface area contributed by atoms with Crippen molar-refractivity contribution in [3.63, 3.8) is 0 Å². The first kappa shape index (κ1) is 14.9. The summed E-state index contributed by atoms with van der Waals surface area (Å²) in [7, 11) is 0. The molecule has 22 heavy (non-hydrogen) atoms. The summed E-state index contributed by atoms with van der Waals surface area (Å²) in [6.07, 6.45) is -0.429. The Balaban J connectivity index is 1.52. The van der Waals surface area contributed by atoms with Gasteiger partial charge in [0, 0.05) is 38.4 Å². The van der Waals surface area contributed by atoms with Crippen molar-refractivity contribution >= 4 is 5.69 Å². The van der Waals surface area contributed by atoms with E-state index in [-0.39, 0.29) is 0 Å². The van der Waals surface area contributed by atoms with Crippen LogP contribution in [-0.4, -0.2) is 47.8 Å². The lowest BCUT2D eigenvalue weighted by Crippen LogP contribution is -2.47. The molecular weight excluding hydrogens is 276 g/mol. The highest BCUT2D eigenvalue weighted by Gasteiger charge is 2.20. The van der Waals surface area contributed by atoms with Crippen molar-refractivity contribution in [2.75, 3.05) is 37.6 Å². The van der Waals surface area contributed by atoms with Crippen LogP contribution >= 0.6 is 0 Å². The van der Waals surface area contributed by atoms with Crippen LogP contribution in [0.1, 0.15) is 11.7 Å². The Hall–Kier alpha value is -2.04. The van der Waals surface area contributed by atoms with Crippen molar-refractivity contribution in [3.05, 3.63) is 60.2 Å². The van der Waals surface area contributed by atoms with Gasteiger partial charge in [-0.15, -0.1) is 0 Å². The van der Waals surface area contributed by atoms with E-state index in [4.69, 9.17) is 0 Å². The van der Waals surface area contributed by atoms with E-state index < -0.39 is 6.10 Å². The number of aliphatic hydroxyl groups is 1. The second kappa shape index (κ2) is 6.81. The molecule has 116 valence electrons. The Labute approximate surface area is 131 Å². The number of hydrogen-bond donors (Lipinski definition) is 2. The van der Waals surface area contributed by atoms with Crippen LogP contribution < -0.4 is 4.90 Å². The third-order valence-electron chi connectivity index (χ3n) is 4.20. The molecule has 0 radical (unpaired) electrons. The predicted molar refractivity (Wildman–Crippen MR) is 88.2 cm³/mol. The number of aliphatic hydroxyl groups excluding tert-OH is 1. The van der Waals surface area contributed by atoms with E-state index in [2.05, 4.69) is 9.80 Å². The van der Waals surface area contributed by atoms with Gasteiger partial charge in [-0.2, -0.15) is 0 Å². The quantitative estimate of drug-likeness (QED) is 0.909. The Bertz CT molecular complexity index is 578. The van der Waals surface area contributed by atoms with E-state index >= 15 is 0 Å². The third kappa shape index (κ3) is 3.59. The predicted octanol–water partition coefficient (Wildman–Crippen LogP) is 2.25. The molecule has 1 heterocycles. The summed E-state index contributed by atoms with van der Waals surface area (Å²) in [6.45, 7) is 4.42. The first-order chi connectivity index (χ1) is 10.7. The molecule has 2 aromatic rings. The van der Waals surface area contributed by atoms with Crippen LogP contribution in [0.4, 0.5) is 5.69 Å². The van der Waals surface area contributed by atoms with E-state index in [1.54, 1.807) is 12.1 Å². The molecular formula is C18H22N2O2. The van der Waals surface area contributed by atoms with Crippen molar-refractivity contribution in [2.45, 2.75) is 6.10 Å². The zero-order valence-corrected chi connectivity index (χ0v) is 12.6. The molecule has 4 heteroatoms. The summed E-state index contributed by atoms with van der Waals surface area (Å²) < 4.78 is 0. The highest BCUT2D eigenvalue weighted by atomic mass is 16.3. The molecule has 1 atom stereocenters. The average molecular weight is 298 g/mol. The minimum atomic E-state index is -0.429.